The van der Waals surface area contributed by atoms with Crippen molar-refractivity contribution < 1.29 is 14.4 Å². The predicted molar refractivity (Wildman–Crippen MR) is 82.8 cm³/mol. The van der Waals surface area contributed by atoms with E-state index in [4.69, 9.17) is 9.25 Å². The normalized spacial score (nSPS) is 12.2. The smallest absolute Gasteiger partial charge is 0.349 e. The van der Waals surface area contributed by atoms with Gasteiger partial charge in [0.15, 0.2) is 0 Å². The summed E-state index contributed by atoms with van der Waals surface area (Å²) in [4.78, 5) is 17.2. The minimum atomic E-state index is -0.565. The van der Waals surface area contributed by atoms with Gasteiger partial charge in [-0.05, 0) is 25.2 Å². The third-order valence-corrected chi connectivity index (χ3v) is 2.79. The molecule has 0 saturated carbocycles. The second kappa shape index (κ2) is 7.86. The van der Waals surface area contributed by atoms with E-state index in [0.717, 1.165) is 0 Å². The number of aromatic hydroxyl groups is 1. The van der Waals surface area contributed by atoms with Crippen molar-refractivity contribution in [2.24, 2.45) is 17.0 Å². The summed E-state index contributed by atoms with van der Waals surface area (Å²) in [5.41, 5.74) is -0.0383. The first kappa shape index (κ1) is 17.3. The van der Waals surface area contributed by atoms with Gasteiger partial charge in [0.05, 0.1) is 5.71 Å². The molecule has 0 saturated heterocycles. The second-order valence-electron chi connectivity index (χ2n) is 5.91. The highest BCUT2D eigenvalue weighted by Gasteiger charge is 2.19. The van der Waals surface area contributed by atoms with Crippen LogP contribution in [0.25, 0.3) is 0 Å². The van der Waals surface area contributed by atoms with Gasteiger partial charge in [0.2, 0.25) is 0 Å². The lowest BCUT2D eigenvalue weighted by atomic mass is 10.0. The molecule has 21 heavy (non-hydrogen) atoms. The third kappa shape index (κ3) is 5.25. The van der Waals surface area contributed by atoms with Gasteiger partial charge < -0.3 is 14.4 Å². The average Bonchev–Trinajstić information content (AvgIpc) is 2.33. The molecule has 1 aromatic rings. The molecule has 1 rings (SSSR count). The van der Waals surface area contributed by atoms with Crippen molar-refractivity contribution >= 4 is 5.71 Å². The number of hydrogen-bond donors (Lipinski definition) is 1. The summed E-state index contributed by atoms with van der Waals surface area (Å²) in [6.45, 7) is 10.3. The minimum Gasteiger partial charge on any atom is -0.507 e. The van der Waals surface area contributed by atoms with E-state index in [0.29, 0.717) is 36.8 Å². The van der Waals surface area contributed by atoms with E-state index < -0.39 is 5.63 Å². The molecule has 0 spiro atoms. The summed E-state index contributed by atoms with van der Waals surface area (Å²) < 4.78 is 5.29. The second-order valence-corrected chi connectivity index (χ2v) is 5.91. The van der Waals surface area contributed by atoms with Crippen LogP contribution >= 0.6 is 0 Å². The van der Waals surface area contributed by atoms with Crippen LogP contribution in [0.3, 0.4) is 0 Å². The maximum atomic E-state index is 12.2. The number of hydrogen-bond acceptors (Lipinski definition) is 5. The summed E-state index contributed by atoms with van der Waals surface area (Å²) in [5, 5.41) is 14.1. The van der Waals surface area contributed by atoms with Crippen LogP contribution in [0.2, 0.25) is 0 Å². The number of oxime groups is 1. The average molecular weight is 295 g/mol. The largest absolute Gasteiger partial charge is 0.507 e. The first-order valence-corrected chi connectivity index (χ1v) is 7.40. The highest BCUT2D eigenvalue weighted by molar-refractivity contribution is 6.02. The molecule has 0 atom stereocenters. The molecule has 1 heterocycles. The summed E-state index contributed by atoms with van der Waals surface area (Å²) in [7, 11) is 0. The number of nitrogens with zero attached hydrogens (tertiary/aromatic N) is 1. The molecule has 5 nitrogen and oxygen atoms in total. The molecule has 5 heteroatoms. The van der Waals surface area contributed by atoms with Gasteiger partial charge in [0, 0.05) is 12.5 Å². The lowest BCUT2D eigenvalue weighted by molar-refractivity contribution is 0.158. The van der Waals surface area contributed by atoms with E-state index in [1.54, 1.807) is 0 Å². The maximum Gasteiger partial charge on any atom is 0.349 e. The molecule has 0 amide bonds. The Balaban J connectivity index is 3.23. The zero-order valence-corrected chi connectivity index (χ0v) is 13.5. The predicted octanol–water partition coefficient (Wildman–Crippen LogP) is 3.33. The van der Waals surface area contributed by atoms with Crippen molar-refractivity contribution in [1.29, 1.82) is 0 Å². The van der Waals surface area contributed by atoms with Crippen LogP contribution in [0.1, 0.15) is 52.4 Å². The fourth-order valence-corrected chi connectivity index (χ4v) is 2.01. The molecule has 0 aromatic carbocycles. The quantitative estimate of drug-likeness (QED) is 0.618. The first-order valence-electron chi connectivity index (χ1n) is 7.40. The standard InChI is InChI=1S/C16H25NO4/c1-6-20-17-13(8-11(4)5)15-14(18)9-12(7-10(2)3)21-16(15)19/h9-11,18H,6-8H2,1-5H3. The fourth-order valence-electron chi connectivity index (χ4n) is 2.01. The lowest BCUT2D eigenvalue weighted by Crippen LogP contribution is -2.18. The van der Waals surface area contributed by atoms with Crippen molar-refractivity contribution in [3.8, 4) is 5.75 Å². The Labute approximate surface area is 125 Å². The lowest BCUT2D eigenvalue weighted by Gasteiger charge is -2.11. The van der Waals surface area contributed by atoms with E-state index in [-0.39, 0.29) is 17.2 Å². The fraction of sp³-hybridized carbons (Fsp3) is 0.625. The van der Waals surface area contributed by atoms with Crippen LogP contribution in [-0.4, -0.2) is 17.4 Å². The van der Waals surface area contributed by atoms with E-state index in [1.807, 2.05) is 34.6 Å². The van der Waals surface area contributed by atoms with Gasteiger partial charge in [-0.15, -0.1) is 0 Å². The SMILES string of the molecule is CCON=C(CC(C)C)c1c(O)cc(CC(C)C)oc1=O. The van der Waals surface area contributed by atoms with Crippen LogP contribution in [0.5, 0.6) is 5.75 Å². The van der Waals surface area contributed by atoms with Crippen molar-refractivity contribution in [3.63, 3.8) is 0 Å². The van der Waals surface area contributed by atoms with Gasteiger partial charge in [-0.1, -0.05) is 32.9 Å². The Kier molecular flexibility index (Phi) is 6.46. The van der Waals surface area contributed by atoms with Crippen molar-refractivity contribution in [1.82, 2.24) is 0 Å². The van der Waals surface area contributed by atoms with Crippen LogP contribution in [0, 0.1) is 11.8 Å². The molecule has 0 radical (unpaired) electrons. The van der Waals surface area contributed by atoms with Gasteiger partial charge in [0.25, 0.3) is 0 Å². The summed E-state index contributed by atoms with van der Waals surface area (Å²) in [5.74, 6) is 1.00. The van der Waals surface area contributed by atoms with Gasteiger partial charge >= 0.3 is 5.63 Å². The van der Waals surface area contributed by atoms with Crippen molar-refractivity contribution in [2.75, 3.05) is 6.61 Å². The zero-order chi connectivity index (χ0) is 16.0. The Morgan fingerprint density at radius 2 is 2.00 bits per heavy atom. The molecule has 0 unspecified atom stereocenters. The number of rotatable bonds is 7. The molecule has 118 valence electrons. The van der Waals surface area contributed by atoms with Crippen LogP contribution in [-0.2, 0) is 11.3 Å². The third-order valence-electron chi connectivity index (χ3n) is 2.79. The van der Waals surface area contributed by atoms with E-state index in [9.17, 15) is 9.90 Å². The molecule has 0 aliphatic carbocycles. The van der Waals surface area contributed by atoms with Gasteiger partial charge in [-0.2, -0.15) is 0 Å². The molecule has 0 aliphatic rings. The zero-order valence-electron chi connectivity index (χ0n) is 13.5. The highest BCUT2D eigenvalue weighted by Crippen LogP contribution is 2.21. The highest BCUT2D eigenvalue weighted by atomic mass is 16.6. The molecule has 1 aromatic heterocycles. The molecule has 0 aliphatic heterocycles. The van der Waals surface area contributed by atoms with Crippen LogP contribution in [0.15, 0.2) is 20.4 Å². The topological polar surface area (TPSA) is 72.0 Å². The minimum absolute atomic E-state index is 0.0963. The van der Waals surface area contributed by atoms with Crippen LogP contribution < -0.4 is 5.63 Å². The Hall–Kier alpha value is -1.78. The Bertz CT molecular complexity index is 544. The Morgan fingerprint density at radius 3 is 2.48 bits per heavy atom. The van der Waals surface area contributed by atoms with Crippen LogP contribution in [0.4, 0.5) is 0 Å². The summed E-state index contributed by atoms with van der Waals surface area (Å²) in [6.07, 6.45) is 1.13. The molecule has 0 bridgehead atoms. The monoisotopic (exact) mass is 295 g/mol. The van der Waals surface area contributed by atoms with E-state index in [1.165, 1.54) is 6.07 Å². The molecule has 0 fully saturated rings. The van der Waals surface area contributed by atoms with Gasteiger partial charge in [-0.3, -0.25) is 0 Å². The summed E-state index contributed by atoms with van der Waals surface area (Å²) >= 11 is 0. The van der Waals surface area contributed by atoms with E-state index in [2.05, 4.69) is 5.16 Å². The van der Waals surface area contributed by atoms with Crippen molar-refractivity contribution in [2.45, 2.75) is 47.5 Å². The van der Waals surface area contributed by atoms with Gasteiger partial charge in [0.1, 0.15) is 23.7 Å². The molecular weight excluding hydrogens is 270 g/mol. The molecular formula is C16H25NO4. The summed E-state index contributed by atoms with van der Waals surface area (Å²) in [6, 6.07) is 1.50. The maximum absolute atomic E-state index is 12.2. The first-order chi connectivity index (χ1) is 9.85. The Morgan fingerprint density at radius 1 is 1.33 bits per heavy atom. The van der Waals surface area contributed by atoms with Crippen molar-refractivity contribution in [3.05, 3.63) is 27.8 Å². The molecule has 1 N–H and O–H groups in total. The van der Waals surface area contributed by atoms with E-state index >= 15 is 0 Å². The van der Waals surface area contributed by atoms with Gasteiger partial charge in [-0.25, -0.2) is 4.79 Å².